The minimum absolute atomic E-state index is 0.466. The first-order valence-electron chi connectivity index (χ1n) is 12.3. The number of hydrogen-bond acceptors (Lipinski definition) is 4. The van der Waals surface area contributed by atoms with Gasteiger partial charge in [-0.05, 0) is 75.2 Å². The molecule has 1 fully saturated rings. The van der Waals surface area contributed by atoms with Gasteiger partial charge in [-0.3, -0.25) is 4.57 Å². The number of nitrogens with one attached hydrogen (secondary N) is 1. The van der Waals surface area contributed by atoms with Gasteiger partial charge in [0.15, 0.2) is 5.82 Å². The fourth-order valence-corrected chi connectivity index (χ4v) is 5.64. The van der Waals surface area contributed by atoms with E-state index in [2.05, 4.69) is 83.6 Å². The Morgan fingerprint density at radius 1 is 0.971 bits per heavy atom. The number of rotatable bonds is 2. The van der Waals surface area contributed by atoms with E-state index in [1.807, 2.05) is 24.3 Å². The van der Waals surface area contributed by atoms with Crippen LogP contribution in [0.3, 0.4) is 0 Å². The fourth-order valence-electron chi connectivity index (χ4n) is 5.64. The van der Waals surface area contributed by atoms with Crippen molar-refractivity contribution in [2.45, 2.75) is 46.3 Å². The van der Waals surface area contributed by atoms with Crippen molar-refractivity contribution in [3.05, 3.63) is 77.2 Å². The number of aromatic nitrogens is 3. The predicted octanol–water partition coefficient (Wildman–Crippen LogP) is 5.04. The minimum atomic E-state index is 0.466. The Morgan fingerprint density at radius 3 is 2.43 bits per heavy atom. The molecule has 2 aromatic carbocycles. The minimum Gasteiger partial charge on any atom is -0.368 e. The molecule has 176 valence electrons. The SMILES string of the molecule is Cc1nc2n(c1C)-c1ccc(N3C[C@@H](C)N[C@@H](C)C3)cc1Cn1cc(-c3ccc(C#N)cc3)cc1-2. The van der Waals surface area contributed by atoms with E-state index in [-0.39, 0.29) is 0 Å². The molecule has 4 heterocycles. The average molecular weight is 463 g/mol. The molecule has 2 atom stereocenters. The molecule has 6 rings (SSSR count). The van der Waals surface area contributed by atoms with Crippen molar-refractivity contribution in [1.82, 2.24) is 19.4 Å². The number of piperazine rings is 1. The zero-order valence-corrected chi connectivity index (χ0v) is 20.7. The van der Waals surface area contributed by atoms with Crippen LogP contribution in [0.15, 0.2) is 54.7 Å². The second-order valence-electron chi connectivity index (χ2n) is 10.1. The third-order valence-corrected chi connectivity index (χ3v) is 7.38. The smallest absolute Gasteiger partial charge is 0.161 e. The average Bonchev–Trinajstić information content (AvgIpc) is 3.35. The van der Waals surface area contributed by atoms with Crippen LogP contribution in [-0.4, -0.2) is 39.3 Å². The van der Waals surface area contributed by atoms with Crippen LogP contribution in [0.1, 0.15) is 36.4 Å². The highest BCUT2D eigenvalue weighted by molar-refractivity contribution is 5.73. The molecule has 0 saturated carbocycles. The van der Waals surface area contributed by atoms with Crippen LogP contribution in [0, 0.1) is 25.2 Å². The number of benzene rings is 2. The fraction of sp³-hybridized carbons (Fsp3) is 0.310. The van der Waals surface area contributed by atoms with Gasteiger partial charge in [-0.15, -0.1) is 0 Å². The van der Waals surface area contributed by atoms with E-state index in [0.29, 0.717) is 17.6 Å². The zero-order valence-electron chi connectivity index (χ0n) is 20.7. The molecule has 2 aliphatic rings. The van der Waals surface area contributed by atoms with Crippen LogP contribution < -0.4 is 10.2 Å². The number of anilines is 1. The van der Waals surface area contributed by atoms with Crippen LogP contribution >= 0.6 is 0 Å². The van der Waals surface area contributed by atoms with Crippen molar-refractivity contribution in [1.29, 1.82) is 5.26 Å². The lowest BCUT2D eigenvalue weighted by Gasteiger charge is -2.38. The van der Waals surface area contributed by atoms with Gasteiger partial charge < -0.3 is 14.8 Å². The van der Waals surface area contributed by atoms with Gasteiger partial charge in [0.25, 0.3) is 0 Å². The van der Waals surface area contributed by atoms with Gasteiger partial charge in [0.1, 0.15) is 0 Å². The lowest BCUT2D eigenvalue weighted by Crippen LogP contribution is -2.54. The molecular weight excluding hydrogens is 432 g/mol. The molecule has 0 spiro atoms. The Labute approximate surface area is 206 Å². The van der Waals surface area contributed by atoms with Crippen LogP contribution in [-0.2, 0) is 6.54 Å². The van der Waals surface area contributed by atoms with E-state index in [0.717, 1.165) is 48.0 Å². The van der Waals surface area contributed by atoms with Gasteiger partial charge in [-0.25, -0.2) is 4.98 Å². The Morgan fingerprint density at radius 2 is 1.71 bits per heavy atom. The normalized spacial score (nSPS) is 18.9. The summed E-state index contributed by atoms with van der Waals surface area (Å²) in [4.78, 5) is 7.50. The second kappa shape index (κ2) is 8.14. The summed E-state index contributed by atoms with van der Waals surface area (Å²) in [6.45, 7) is 11.6. The number of imidazole rings is 1. The maximum Gasteiger partial charge on any atom is 0.161 e. The molecule has 0 radical (unpaired) electrons. The van der Waals surface area contributed by atoms with Gasteiger partial charge in [0.05, 0.1) is 28.7 Å². The summed E-state index contributed by atoms with van der Waals surface area (Å²) in [5.41, 5.74) is 10.0. The van der Waals surface area contributed by atoms with Crippen molar-refractivity contribution in [3.63, 3.8) is 0 Å². The van der Waals surface area contributed by atoms with Crippen LogP contribution in [0.25, 0.3) is 28.3 Å². The molecule has 4 aromatic rings. The van der Waals surface area contributed by atoms with E-state index < -0.39 is 0 Å². The van der Waals surface area contributed by atoms with Crippen molar-refractivity contribution >= 4 is 5.69 Å². The summed E-state index contributed by atoms with van der Waals surface area (Å²) in [5, 5.41) is 12.8. The summed E-state index contributed by atoms with van der Waals surface area (Å²) >= 11 is 0. The molecule has 0 bridgehead atoms. The van der Waals surface area contributed by atoms with Crippen LogP contribution in [0.5, 0.6) is 0 Å². The highest BCUT2D eigenvalue weighted by Gasteiger charge is 2.26. The first kappa shape index (κ1) is 21.7. The van der Waals surface area contributed by atoms with Crippen molar-refractivity contribution in [3.8, 4) is 34.4 Å². The van der Waals surface area contributed by atoms with Crippen molar-refractivity contribution in [2.75, 3.05) is 18.0 Å². The molecule has 1 N–H and O–H groups in total. The van der Waals surface area contributed by atoms with Gasteiger partial charge >= 0.3 is 0 Å². The Hall–Kier alpha value is -3.82. The lowest BCUT2D eigenvalue weighted by atomic mass is 10.1. The number of nitrogens with zero attached hydrogens (tertiary/aromatic N) is 5. The second-order valence-corrected chi connectivity index (χ2v) is 10.1. The van der Waals surface area contributed by atoms with E-state index in [4.69, 9.17) is 10.2 Å². The molecule has 0 aliphatic carbocycles. The quantitative estimate of drug-likeness (QED) is 0.399. The Kier molecular flexibility index (Phi) is 5.05. The summed E-state index contributed by atoms with van der Waals surface area (Å²) in [6.07, 6.45) is 2.22. The Balaban J connectivity index is 1.47. The lowest BCUT2D eigenvalue weighted by molar-refractivity contribution is 0.407. The third-order valence-electron chi connectivity index (χ3n) is 7.38. The van der Waals surface area contributed by atoms with Gasteiger partial charge in [-0.2, -0.15) is 5.26 Å². The molecule has 2 aliphatic heterocycles. The van der Waals surface area contributed by atoms with Crippen molar-refractivity contribution in [2.24, 2.45) is 0 Å². The standard InChI is InChI=1S/C29H30N6/c1-18-14-33(15-19(2)31-18)26-9-10-27-25(11-26)17-34-16-24(23-7-5-22(13-30)6-8-23)12-28(34)29-32-20(3)21(4)35(27)29/h5-12,16,18-19,31H,14-15,17H2,1-4H3/t18-,19+. The highest BCUT2D eigenvalue weighted by atomic mass is 15.2. The van der Waals surface area contributed by atoms with E-state index >= 15 is 0 Å². The number of fused-ring (bicyclic) bond motifs is 5. The Bertz CT molecular complexity index is 1460. The number of hydrogen-bond donors (Lipinski definition) is 1. The summed E-state index contributed by atoms with van der Waals surface area (Å²) < 4.78 is 4.64. The first-order chi connectivity index (χ1) is 16.9. The molecular formula is C29H30N6. The molecule has 35 heavy (non-hydrogen) atoms. The zero-order chi connectivity index (χ0) is 24.3. The molecule has 2 aromatic heterocycles. The maximum absolute atomic E-state index is 9.17. The maximum atomic E-state index is 9.17. The molecule has 6 nitrogen and oxygen atoms in total. The van der Waals surface area contributed by atoms with Gasteiger partial charge in [0, 0.05) is 54.9 Å². The summed E-state index contributed by atoms with van der Waals surface area (Å²) in [6, 6.07) is 20.1. The number of aryl methyl sites for hydroxylation is 1. The topological polar surface area (TPSA) is 61.8 Å². The molecule has 6 heteroatoms. The summed E-state index contributed by atoms with van der Waals surface area (Å²) in [5.74, 6) is 0.982. The van der Waals surface area contributed by atoms with Crippen LogP contribution in [0.2, 0.25) is 0 Å². The van der Waals surface area contributed by atoms with Gasteiger partial charge in [0.2, 0.25) is 0 Å². The third kappa shape index (κ3) is 3.64. The van der Waals surface area contributed by atoms with Crippen molar-refractivity contribution < 1.29 is 0 Å². The highest BCUT2D eigenvalue weighted by Crippen LogP contribution is 2.37. The van der Waals surface area contributed by atoms with E-state index in [1.165, 1.54) is 22.6 Å². The monoisotopic (exact) mass is 462 g/mol. The molecule has 1 saturated heterocycles. The number of nitriles is 1. The summed E-state index contributed by atoms with van der Waals surface area (Å²) in [7, 11) is 0. The van der Waals surface area contributed by atoms with E-state index in [1.54, 1.807) is 0 Å². The van der Waals surface area contributed by atoms with Crippen LogP contribution in [0.4, 0.5) is 5.69 Å². The van der Waals surface area contributed by atoms with E-state index in [9.17, 15) is 0 Å². The predicted molar refractivity (Wildman–Crippen MR) is 140 cm³/mol. The first-order valence-corrected chi connectivity index (χ1v) is 12.3. The molecule has 0 unspecified atom stereocenters. The largest absolute Gasteiger partial charge is 0.368 e. The van der Waals surface area contributed by atoms with Gasteiger partial charge in [-0.1, -0.05) is 12.1 Å². The molecule has 0 amide bonds.